The van der Waals surface area contributed by atoms with E-state index in [-0.39, 0.29) is 50.7 Å². The Balaban J connectivity index is 1.11. The minimum absolute atomic E-state index is 0.0821. The van der Waals surface area contributed by atoms with E-state index in [9.17, 15) is 38.4 Å². The number of fused-ring (bicyclic) bond motifs is 2. The van der Waals surface area contributed by atoms with Crippen molar-refractivity contribution in [3.63, 3.8) is 0 Å². The molecule has 6 aromatic rings. The molecule has 82 heavy (non-hydrogen) atoms. The number of amides is 6. The smallest absolute Gasteiger partial charge is 0.419 e. The van der Waals surface area contributed by atoms with Crippen LogP contribution in [0.3, 0.4) is 0 Å². The third kappa shape index (κ3) is 15.7. The Labute approximate surface area is 473 Å². The molecule has 2 fully saturated rings. The molecule has 0 unspecified atom stereocenters. The van der Waals surface area contributed by atoms with Crippen LogP contribution < -0.4 is 26.6 Å². The number of aromatic nitrogens is 3. The summed E-state index contributed by atoms with van der Waals surface area (Å²) in [4.78, 5) is 137. The molecule has 7 atom stereocenters. The Morgan fingerprint density at radius 3 is 1.90 bits per heavy atom. The van der Waals surface area contributed by atoms with E-state index in [0.717, 1.165) is 20.4 Å². The first-order valence-corrected chi connectivity index (χ1v) is 27.2. The summed E-state index contributed by atoms with van der Waals surface area (Å²) in [6, 6.07) is 25.1. The normalized spacial score (nSPS) is 20.1. The van der Waals surface area contributed by atoms with Gasteiger partial charge in [-0.15, -0.1) is 0 Å². The molecule has 0 radical (unpaired) electrons. The summed E-state index contributed by atoms with van der Waals surface area (Å²) < 4.78 is 23.8. The highest BCUT2D eigenvalue weighted by atomic mass is 16.6. The maximum absolute atomic E-state index is 15.3. The molecule has 2 aromatic heterocycles. The van der Waals surface area contributed by atoms with Gasteiger partial charge in [0.15, 0.2) is 0 Å². The molecule has 2 aliphatic heterocycles. The van der Waals surface area contributed by atoms with Crippen LogP contribution in [0.4, 0.5) is 9.59 Å². The molecule has 8 rings (SSSR count). The monoisotopic (exact) mass is 1120 g/mol. The summed E-state index contributed by atoms with van der Waals surface area (Å²) >= 11 is 0. The van der Waals surface area contributed by atoms with E-state index < -0.39 is 121 Å². The number of rotatable bonds is 18. The van der Waals surface area contributed by atoms with Gasteiger partial charge in [-0.05, 0) is 46.6 Å². The zero-order chi connectivity index (χ0) is 58.3. The van der Waals surface area contributed by atoms with Gasteiger partial charge in [-0.3, -0.25) is 28.8 Å². The standard InChI is InChI=1S/C60H67N9O13/c1-36(2)24-46-53(71)63-47(25-41-29-62-45-23-15-14-22-44(41)45)54(72)65-48(28-51(70)79-32-38-16-8-5-9-17-38)57(75)68-31-43(27-50(68)55(73)67-52(37(3)4)56(74)64-46)82-58(76)49(66-59(77)80-33-39-18-10-6-11-19-39)26-42-30-61-35-69(42)60(78)81-34-40-20-12-7-13-21-40/h5-23,29-30,35-37,43,46-50,52,62H,24-28,31-34H2,1-4H3,(H,63,71)(H,64,74)(H,65,72)(H,66,77)(H,67,73)/t43-,46+,47-,48-,49+,50+,52-/m1/s1. The van der Waals surface area contributed by atoms with E-state index in [1.807, 2.05) is 44.2 Å². The molecule has 6 amide bonds. The Kier molecular flexibility index (Phi) is 19.9. The highest BCUT2D eigenvalue weighted by Gasteiger charge is 2.46. The lowest BCUT2D eigenvalue weighted by atomic mass is 9.98. The van der Waals surface area contributed by atoms with Gasteiger partial charge in [0.05, 0.1) is 18.7 Å². The van der Waals surface area contributed by atoms with Crippen LogP contribution in [0.5, 0.6) is 0 Å². The largest absolute Gasteiger partial charge is 0.461 e. The molecule has 0 saturated carbocycles. The summed E-state index contributed by atoms with van der Waals surface area (Å²) in [7, 11) is 0. The first kappa shape index (κ1) is 58.8. The van der Waals surface area contributed by atoms with Crippen molar-refractivity contribution in [2.45, 2.75) is 122 Å². The van der Waals surface area contributed by atoms with E-state index in [2.05, 4.69) is 36.6 Å². The van der Waals surface area contributed by atoms with Gasteiger partial charge >= 0.3 is 24.1 Å². The lowest BCUT2D eigenvalue weighted by Gasteiger charge is -2.30. The number of hydrogen-bond acceptors (Lipinski definition) is 14. The van der Waals surface area contributed by atoms with Gasteiger partial charge in [0.25, 0.3) is 0 Å². The lowest BCUT2D eigenvalue weighted by Crippen LogP contribution is -2.59. The topological polar surface area (TPSA) is 288 Å². The van der Waals surface area contributed by atoms with Crippen molar-refractivity contribution in [3.8, 4) is 0 Å². The van der Waals surface area contributed by atoms with Crippen LogP contribution in [-0.2, 0) is 85.2 Å². The molecular weight excluding hydrogens is 1050 g/mol. The van der Waals surface area contributed by atoms with E-state index in [0.29, 0.717) is 22.3 Å². The van der Waals surface area contributed by atoms with Crippen molar-refractivity contribution in [1.29, 1.82) is 0 Å². The zero-order valence-electron chi connectivity index (χ0n) is 45.9. The van der Waals surface area contributed by atoms with Gasteiger partial charge < -0.3 is 55.4 Å². The quantitative estimate of drug-likeness (QED) is 0.0492. The molecule has 0 bridgehead atoms. The molecule has 6 N–H and O–H groups in total. The lowest BCUT2D eigenvalue weighted by molar-refractivity contribution is -0.152. The molecule has 0 aliphatic carbocycles. The third-order valence-electron chi connectivity index (χ3n) is 14.0. The predicted molar refractivity (Wildman–Crippen MR) is 296 cm³/mol. The number of hydrogen-bond donors (Lipinski definition) is 6. The van der Waals surface area contributed by atoms with Gasteiger partial charge in [-0.1, -0.05) is 137 Å². The Morgan fingerprint density at radius 1 is 0.671 bits per heavy atom. The van der Waals surface area contributed by atoms with Gasteiger partial charge in [0, 0.05) is 42.6 Å². The average molecular weight is 1120 g/mol. The van der Waals surface area contributed by atoms with Crippen LogP contribution >= 0.6 is 0 Å². The van der Waals surface area contributed by atoms with E-state index in [1.165, 1.54) is 12.5 Å². The number of carbonyl (C=O) groups excluding carboxylic acids is 9. The summed E-state index contributed by atoms with van der Waals surface area (Å²) in [5, 5.41) is 14.4. The number of benzene rings is 4. The number of para-hydroxylation sites is 1. The van der Waals surface area contributed by atoms with Gasteiger partial charge in [-0.2, -0.15) is 0 Å². The van der Waals surface area contributed by atoms with E-state index in [4.69, 9.17) is 18.9 Å². The summed E-state index contributed by atoms with van der Waals surface area (Å²) in [5.74, 6) is -6.80. The summed E-state index contributed by atoms with van der Waals surface area (Å²) in [5.41, 5.74) is 3.51. The predicted octanol–water partition coefficient (Wildman–Crippen LogP) is 4.93. The number of aromatic amines is 1. The van der Waals surface area contributed by atoms with Gasteiger partial charge in [0.1, 0.15) is 68.5 Å². The number of nitrogens with one attached hydrogen (secondary N) is 6. The SMILES string of the molecule is CC(C)C[C@@H]1NC(=O)[C@@H](C(C)C)NC(=O)[C@@H]2C[C@@H](OC(=O)[C@H](Cc3cncn3C(=O)OCc3ccccc3)NC(=O)OCc3ccccc3)CN2C(=O)[C@@H](CC(=O)OCc2ccccc2)NC(=O)[C@@H](Cc2c[nH]c3ccccc23)NC1=O. The fourth-order valence-corrected chi connectivity index (χ4v) is 9.74. The second kappa shape index (κ2) is 27.7. The first-order valence-electron chi connectivity index (χ1n) is 27.2. The molecule has 4 heterocycles. The fourth-order valence-electron chi connectivity index (χ4n) is 9.74. The van der Waals surface area contributed by atoms with Crippen LogP contribution in [0.15, 0.2) is 134 Å². The number of H-pyrrole nitrogens is 1. The molecule has 2 aliphatic rings. The van der Waals surface area contributed by atoms with Crippen molar-refractivity contribution in [3.05, 3.63) is 162 Å². The van der Waals surface area contributed by atoms with Crippen LogP contribution in [0.1, 0.15) is 74.9 Å². The molecule has 22 nitrogen and oxygen atoms in total. The highest BCUT2D eigenvalue weighted by Crippen LogP contribution is 2.26. The van der Waals surface area contributed by atoms with Crippen LogP contribution in [0.25, 0.3) is 10.9 Å². The number of esters is 2. The Morgan fingerprint density at radius 2 is 1.26 bits per heavy atom. The summed E-state index contributed by atoms with van der Waals surface area (Å²) in [6.07, 6.45) is -0.448. The molecule has 4 aromatic carbocycles. The highest BCUT2D eigenvalue weighted by molar-refractivity contribution is 5.99. The third-order valence-corrected chi connectivity index (χ3v) is 14.0. The van der Waals surface area contributed by atoms with Crippen LogP contribution in [0, 0.1) is 11.8 Å². The number of imidazole rings is 1. The average Bonchev–Trinajstić information content (AvgIpc) is 4.40. The molecule has 430 valence electrons. The van der Waals surface area contributed by atoms with E-state index >= 15 is 4.79 Å². The number of ether oxygens (including phenoxy) is 4. The minimum Gasteiger partial charge on any atom is -0.461 e. The maximum Gasteiger partial charge on any atom is 0.419 e. The van der Waals surface area contributed by atoms with Crippen molar-refractivity contribution < 1.29 is 62.1 Å². The number of nitrogens with zero attached hydrogens (tertiary/aromatic N) is 3. The zero-order valence-corrected chi connectivity index (χ0v) is 45.9. The second-order valence-corrected chi connectivity index (χ2v) is 21.0. The Hall–Kier alpha value is -9.34. The van der Waals surface area contributed by atoms with Crippen LogP contribution in [0.2, 0.25) is 0 Å². The van der Waals surface area contributed by atoms with E-state index in [1.54, 1.807) is 105 Å². The minimum atomic E-state index is -1.74. The second-order valence-electron chi connectivity index (χ2n) is 21.0. The number of carbonyl (C=O) groups is 9. The van der Waals surface area contributed by atoms with Crippen molar-refractivity contribution in [1.82, 2.24) is 46.0 Å². The van der Waals surface area contributed by atoms with Crippen molar-refractivity contribution in [2.24, 2.45) is 11.8 Å². The first-order chi connectivity index (χ1) is 39.5. The van der Waals surface area contributed by atoms with Gasteiger partial charge in [-0.25, -0.2) is 23.9 Å². The molecular formula is C60H67N9O13. The maximum atomic E-state index is 15.3. The molecule has 0 spiro atoms. The molecule has 22 heteroatoms. The number of alkyl carbamates (subject to hydrolysis) is 1. The van der Waals surface area contributed by atoms with Gasteiger partial charge in [0.2, 0.25) is 29.5 Å². The van der Waals surface area contributed by atoms with Crippen LogP contribution in [-0.4, -0.2) is 122 Å². The van der Waals surface area contributed by atoms with Crippen molar-refractivity contribution in [2.75, 3.05) is 6.54 Å². The molecule has 2 saturated heterocycles. The Bertz CT molecular complexity index is 3220. The fraction of sp³-hybridized carbons (Fsp3) is 0.367. The van der Waals surface area contributed by atoms with Crippen molar-refractivity contribution >= 4 is 64.6 Å². The summed E-state index contributed by atoms with van der Waals surface area (Å²) in [6.45, 7) is 6.15.